The third-order valence-electron chi connectivity index (χ3n) is 1.83. The molecule has 1 rings (SSSR count). The second-order valence-electron chi connectivity index (χ2n) is 3.12. The average Bonchev–Trinajstić information content (AvgIpc) is 2.18. The third-order valence-corrected chi connectivity index (χ3v) is 2.33. The molecule has 0 radical (unpaired) electrons. The number of nitrogens with two attached hydrogens (primary N) is 1. The normalized spacial score (nSPS) is 12.0. The van der Waals surface area contributed by atoms with Gasteiger partial charge in [0.05, 0.1) is 18.8 Å². The van der Waals surface area contributed by atoms with Crippen molar-refractivity contribution >= 4 is 27.5 Å². The Labute approximate surface area is 96.9 Å². The Morgan fingerprint density at radius 2 is 2.27 bits per heavy atom. The molecule has 4 nitrogen and oxygen atoms in total. The molecule has 1 aromatic rings. The highest BCUT2D eigenvalue weighted by atomic mass is 79.9. The van der Waals surface area contributed by atoms with E-state index in [1.54, 1.807) is 26.2 Å². The second-order valence-corrected chi connectivity index (χ2v) is 4.04. The summed E-state index contributed by atoms with van der Waals surface area (Å²) in [5, 5.41) is 2.68. The molecule has 1 aromatic carbocycles. The van der Waals surface area contributed by atoms with Crippen molar-refractivity contribution in [3.63, 3.8) is 0 Å². The van der Waals surface area contributed by atoms with Gasteiger partial charge in [0.15, 0.2) is 0 Å². The number of halogens is 1. The zero-order valence-electron chi connectivity index (χ0n) is 8.58. The lowest BCUT2D eigenvalue weighted by Gasteiger charge is -2.11. The minimum absolute atomic E-state index is 0.244. The third kappa shape index (κ3) is 3.21. The van der Waals surface area contributed by atoms with Crippen LogP contribution < -0.4 is 15.8 Å². The molecule has 0 aliphatic heterocycles. The van der Waals surface area contributed by atoms with Gasteiger partial charge < -0.3 is 15.8 Å². The number of amides is 1. The van der Waals surface area contributed by atoms with Crippen LogP contribution in [0.5, 0.6) is 5.75 Å². The molecule has 0 bridgehead atoms. The molecular formula is C10H13BrN2O2. The summed E-state index contributed by atoms with van der Waals surface area (Å²) in [5.41, 5.74) is 6.05. The molecule has 0 unspecified atom stereocenters. The van der Waals surface area contributed by atoms with E-state index in [-0.39, 0.29) is 5.91 Å². The predicted octanol–water partition coefficient (Wildman–Crippen LogP) is 1.74. The Bertz CT molecular complexity index is 366. The van der Waals surface area contributed by atoms with Gasteiger partial charge in [0, 0.05) is 4.47 Å². The van der Waals surface area contributed by atoms with Gasteiger partial charge in [-0.1, -0.05) is 15.9 Å². The monoisotopic (exact) mass is 272 g/mol. The van der Waals surface area contributed by atoms with Crippen LogP contribution in [0.1, 0.15) is 6.92 Å². The van der Waals surface area contributed by atoms with E-state index in [9.17, 15) is 4.79 Å². The zero-order valence-corrected chi connectivity index (χ0v) is 10.2. The van der Waals surface area contributed by atoms with Crippen molar-refractivity contribution in [1.29, 1.82) is 0 Å². The van der Waals surface area contributed by atoms with Crippen LogP contribution in [-0.2, 0) is 4.79 Å². The van der Waals surface area contributed by atoms with E-state index in [2.05, 4.69) is 21.2 Å². The quantitative estimate of drug-likeness (QED) is 0.881. The molecule has 0 aliphatic carbocycles. The van der Waals surface area contributed by atoms with Gasteiger partial charge in [-0.05, 0) is 25.1 Å². The molecule has 0 fully saturated rings. The molecule has 0 saturated carbocycles. The Kier molecular flexibility index (Phi) is 4.11. The summed E-state index contributed by atoms with van der Waals surface area (Å²) < 4.78 is 5.97. The highest BCUT2D eigenvalue weighted by Gasteiger charge is 2.11. The van der Waals surface area contributed by atoms with Gasteiger partial charge in [0.25, 0.3) is 0 Å². The van der Waals surface area contributed by atoms with E-state index < -0.39 is 6.04 Å². The Balaban J connectivity index is 2.92. The SMILES string of the molecule is COc1ccc(Br)cc1NC(=O)[C@@H](C)N. The molecule has 0 spiro atoms. The van der Waals surface area contributed by atoms with Gasteiger partial charge in [0.1, 0.15) is 5.75 Å². The minimum Gasteiger partial charge on any atom is -0.495 e. The number of carbonyl (C=O) groups excluding carboxylic acids is 1. The Hall–Kier alpha value is -1.07. The standard InChI is InChI=1S/C10H13BrN2O2/c1-6(12)10(14)13-8-5-7(11)3-4-9(8)15-2/h3-6H,12H2,1-2H3,(H,13,14)/t6-/m1/s1. The molecule has 82 valence electrons. The lowest BCUT2D eigenvalue weighted by molar-refractivity contribution is -0.117. The molecule has 1 amide bonds. The molecule has 0 aromatic heterocycles. The van der Waals surface area contributed by atoms with Crippen LogP contribution in [-0.4, -0.2) is 19.1 Å². The Morgan fingerprint density at radius 1 is 1.60 bits per heavy atom. The number of methoxy groups -OCH3 is 1. The van der Waals surface area contributed by atoms with Crippen LogP contribution in [0.3, 0.4) is 0 Å². The average molecular weight is 273 g/mol. The molecule has 3 N–H and O–H groups in total. The van der Waals surface area contributed by atoms with E-state index in [4.69, 9.17) is 10.5 Å². The van der Waals surface area contributed by atoms with E-state index in [1.165, 1.54) is 0 Å². The fraction of sp³-hybridized carbons (Fsp3) is 0.300. The summed E-state index contributed by atoms with van der Waals surface area (Å²) in [5.74, 6) is 0.360. The fourth-order valence-electron chi connectivity index (χ4n) is 1.02. The number of rotatable bonds is 3. The molecule has 0 aliphatic rings. The minimum atomic E-state index is -0.548. The molecule has 1 atom stereocenters. The summed E-state index contributed by atoms with van der Waals surface area (Å²) in [4.78, 5) is 11.4. The van der Waals surface area contributed by atoms with Crippen LogP contribution in [0.25, 0.3) is 0 Å². The van der Waals surface area contributed by atoms with Crippen molar-refractivity contribution in [1.82, 2.24) is 0 Å². The second kappa shape index (κ2) is 5.14. The summed E-state index contributed by atoms with van der Waals surface area (Å²) in [6, 6.07) is 4.81. The number of benzene rings is 1. The molecule has 5 heteroatoms. The maximum Gasteiger partial charge on any atom is 0.241 e. The molecule has 0 saturated heterocycles. The Morgan fingerprint density at radius 3 is 2.80 bits per heavy atom. The number of hydrogen-bond donors (Lipinski definition) is 2. The van der Waals surface area contributed by atoms with E-state index in [1.807, 2.05) is 6.07 Å². The van der Waals surface area contributed by atoms with Gasteiger partial charge in [-0.15, -0.1) is 0 Å². The largest absolute Gasteiger partial charge is 0.495 e. The topological polar surface area (TPSA) is 64.3 Å². The van der Waals surface area contributed by atoms with Gasteiger partial charge in [0.2, 0.25) is 5.91 Å². The van der Waals surface area contributed by atoms with Crippen molar-refractivity contribution in [3.05, 3.63) is 22.7 Å². The summed E-state index contributed by atoms with van der Waals surface area (Å²) in [6.45, 7) is 1.62. The van der Waals surface area contributed by atoms with E-state index >= 15 is 0 Å². The molecule has 15 heavy (non-hydrogen) atoms. The fourth-order valence-corrected chi connectivity index (χ4v) is 1.39. The number of ether oxygens (including phenoxy) is 1. The number of nitrogens with one attached hydrogen (secondary N) is 1. The van der Waals surface area contributed by atoms with Crippen molar-refractivity contribution < 1.29 is 9.53 Å². The number of carbonyl (C=O) groups is 1. The lowest BCUT2D eigenvalue weighted by Crippen LogP contribution is -2.32. The summed E-state index contributed by atoms with van der Waals surface area (Å²) in [7, 11) is 1.55. The maximum atomic E-state index is 11.4. The maximum absolute atomic E-state index is 11.4. The van der Waals surface area contributed by atoms with Gasteiger partial charge in [-0.25, -0.2) is 0 Å². The highest BCUT2D eigenvalue weighted by Crippen LogP contribution is 2.27. The van der Waals surface area contributed by atoms with Crippen LogP contribution in [0.4, 0.5) is 5.69 Å². The summed E-state index contributed by atoms with van der Waals surface area (Å²) >= 11 is 3.31. The van der Waals surface area contributed by atoms with Crippen LogP contribution in [0.15, 0.2) is 22.7 Å². The smallest absolute Gasteiger partial charge is 0.241 e. The van der Waals surface area contributed by atoms with Crippen molar-refractivity contribution in [2.75, 3.05) is 12.4 Å². The van der Waals surface area contributed by atoms with Crippen molar-refractivity contribution in [3.8, 4) is 5.75 Å². The van der Waals surface area contributed by atoms with E-state index in [0.29, 0.717) is 11.4 Å². The van der Waals surface area contributed by atoms with Crippen LogP contribution in [0.2, 0.25) is 0 Å². The number of anilines is 1. The summed E-state index contributed by atoms with van der Waals surface area (Å²) in [6.07, 6.45) is 0. The van der Waals surface area contributed by atoms with Crippen LogP contribution in [0, 0.1) is 0 Å². The molecule has 0 heterocycles. The molecular weight excluding hydrogens is 260 g/mol. The zero-order chi connectivity index (χ0) is 11.4. The van der Waals surface area contributed by atoms with Crippen LogP contribution >= 0.6 is 15.9 Å². The highest BCUT2D eigenvalue weighted by molar-refractivity contribution is 9.10. The lowest BCUT2D eigenvalue weighted by atomic mass is 10.2. The first-order valence-electron chi connectivity index (χ1n) is 4.44. The van der Waals surface area contributed by atoms with Crippen molar-refractivity contribution in [2.45, 2.75) is 13.0 Å². The first-order chi connectivity index (χ1) is 7.04. The first-order valence-corrected chi connectivity index (χ1v) is 5.24. The van der Waals surface area contributed by atoms with Gasteiger partial charge in [-0.2, -0.15) is 0 Å². The van der Waals surface area contributed by atoms with Gasteiger partial charge in [-0.3, -0.25) is 4.79 Å². The first kappa shape index (κ1) is 12.0. The van der Waals surface area contributed by atoms with Crippen molar-refractivity contribution in [2.24, 2.45) is 5.73 Å². The van der Waals surface area contributed by atoms with E-state index in [0.717, 1.165) is 4.47 Å². The number of hydrogen-bond acceptors (Lipinski definition) is 3. The van der Waals surface area contributed by atoms with Gasteiger partial charge >= 0.3 is 0 Å². The predicted molar refractivity (Wildman–Crippen MR) is 63.0 cm³/mol.